The van der Waals surface area contributed by atoms with Crippen molar-refractivity contribution in [3.8, 4) is 6.07 Å². The van der Waals surface area contributed by atoms with Crippen LogP contribution in [0.3, 0.4) is 0 Å². The number of hydrogen-bond acceptors (Lipinski definition) is 3. The standard InChI is InChI=1S/C14H25N3O/c1-12(14(2,3)4)11-13(18)17-9-7-16(6-5-15)8-10-17/h12H,6-11H2,1-4H3. The number of nitriles is 1. The number of rotatable bonds is 3. The number of piperazine rings is 1. The Kier molecular flexibility index (Phi) is 5.15. The summed E-state index contributed by atoms with van der Waals surface area (Å²) < 4.78 is 0. The van der Waals surface area contributed by atoms with Crippen molar-refractivity contribution in [3.63, 3.8) is 0 Å². The first-order valence-corrected chi connectivity index (χ1v) is 6.71. The third kappa shape index (κ3) is 4.30. The fraction of sp³-hybridized carbons (Fsp3) is 0.857. The summed E-state index contributed by atoms with van der Waals surface area (Å²) in [4.78, 5) is 16.2. The zero-order chi connectivity index (χ0) is 13.8. The van der Waals surface area contributed by atoms with Gasteiger partial charge in [-0.3, -0.25) is 9.69 Å². The molecule has 0 radical (unpaired) electrons. The lowest BCUT2D eigenvalue weighted by Crippen LogP contribution is -2.49. The molecule has 1 aliphatic rings. The number of amides is 1. The van der Waals surface area contributed by atoms with Gasteiger partial charge in [0.25, 0.3) is 0 Å². The summed E-state index contributed by atoms with van der Waals surface area (Å²) in [5.41, 5.74) is 0.179. The van der Waals surface area contributed by atoms with Gasteiger partial charge in [0, 0.05) is 32.6 Å². The molecule has 0 saturated carbocycles. The number of carbonyl (C=O) groups excluding carboxylic acids is 1. The van der Waals surface area contributed by atoms with Crippen LogP contribution in [-0.2, 0) is 4.79 Å². The molecule has 0 aliphatic carbocycles. The quantitative estimate of drug-likeness (QED) is 0.718. The Hall–Kier alpha value is -1.08. The van der Waals surface area contributed by atoms with Crippen molar-refractivity contribution >= 4 is 5.91 Å². The lowest BCUT2D eigenvalue weighted by Gasteiger charge is -2.35. The molecule has 4 heteroatoms. The topological polar surface area (TPSA) is 47.3 Å². The Morgan fingerprint density at radius 2 is 1.83 bits per heavy atom. The number of carbonyl (C=O) groups is 1. The second-order valence-electron chi connectivity index (χ2n) is 6.29. The normalized spacial score (nSPS) is 19.4. The maximum Gasteiger partial charge on any atom is 0.222 e. The highest BCUT2D eigenvalue weighted by molar-refractivity contribution is 5.76. The van der Waals surface area contributed by atoms with Gasteiger partial charge in [-0.1, -0.05) is 27.7 Å². The highest BCUT2D eigenvalue weighted by Crippen LogP contribution is 2.28. The molecule has 1 unspecified atom stereocenters. The molecule has 102 valence electrons. The Morgan fingerprint density at radius 3 is 2.28 bits per heavy atom. The lowest BCUT2D eigenvalue weighted by molar-refractivity contribution is -0.134. The first kappa shape index (κ1) is 15.0. The molecule has 0 N–H and O–H groups in total. The molecule has 1 aliphatic heterocycles. The van der Waals surface area contributed by atoms with Crippen LogP contribution in [0.25, 0.3) is 0 Å². The second-order valence-corrected chi connectivity index (χ2v) is 6.29. The van der Waals surface area contributed by atoms with Crippen LogP contribution < -0.4 is 0 Å². The van der Waals surface area contributed by atoms with Gasteiger partial charge < -0.3 is 4.90 Å². The Bertz CT molecular complexity index is 319. The van der Waals surface area contributed by atoms with E-state index >= 15 is 0 Å². The van der Waals surface area contributed by atoms with Gasteiger partial charge in [0.15, 0.2) is 0 Å². The number of nitrogens with zero attached hydrogens (tertiary/aromatic N) is 3. The van der Waals surface area contributed by atoms with E-state index in [4.69, 9.17) is 5.26 Å². The van der Waals surface area contributed by atoms with Crippen molar-refractivity contribution in [2.75, 3.05) is 32.7 Å². The summed E-state index contributed by atoms with van der Waals surface area (Å²) in [5.74, 6) is 0.649. The van der Waals surface area contributed by atoms with Gasteiger partial charge in [0.2, 0.25) is 5.91 Å². The van der Waals surface area contributed by atoms with E-state index in [2.05, 4.69) is 38.7 Å². The average Bonchev–Trinajstić information content (AvgIpc) is 2.29. The van der Waals surface area contributed by atoms with Crippen LogP contribution in [0.2, 0.25) is 0 Å². The van der Waals surface area contributed by atoms with Crippen LogP contribution in [0.15, 0.2) is 0 Å². The van der Waals surface area contributed by atoms with Crippen molar-refractivity contribution in [3.05, 3.63) is 0 Å². The van der Waals surface area contributed by atoms with Crippen LogP contribution in [0.4, 0.5) is 0 Å². The van der Waals surface area contributed by atoms with Gasteiger partial charge >= 0.3 is 0 Å². The maximum atomic E-state index is 12.2. The predicted octanol–water partition coefficient (Wildman–Crippen LogP) is 1.73. The third-order valence-electron chi connectivity index (χ3n) is 3.98. The zero-order valence-corrected chi connectivity index (χ0v) is 12.1. The molecule has 18 heavy (non-hydrogen) atoms. The van der Waals surface area contributed by atoms with Crippen molar-refractivity contribution in [1.82, 2.24) is 9.80 Å². The van der Waals surface area contributed by atoms with E-state index in [1.807, 2.05) is 4.90 Å². The Labute approximate surface area is 111 Å². The second kappa shape index (κ2) is 6.19. The third-order valence-corrected chi connectivity index (χ3v) is 3.98. The van der Waals surface area contributed by atoms with Gasteiger partial charge in [0.1, 0.15) is 0 Å². The minimum Gasteiger partial charge on any atom is -0.340 e. The van der Waals surface area contributed by atoms with Crippen LogP contribution in [0.5, 0.6) is 0 Å². The first-order valence-electron chi connectivity index (χ1n) is 6.71. The van der Waals surface area contributed by atoms with E-state index in [0.29, 0.717) is 18.9 Å². The van der Waals surface area contributed by atoms with E-state index in [-0.39, 0.29) is 11.3 Å². The summed E-state index contributed by atoms with van der Waals surface area (Å²) in [6.45, 7) is 12.3. The summed E-state index contributed by atoms with van der Waals surface area (Å²) in [5, 5.41) is 8.63. The molecule has 1 amide bonds. The average molecular weight is 251 g/mol. The molecule has 0 aromatic rings. The van der Waals surface area contributed by atoms with E-state index in [1.54, 1.807) is 0 Å². The summed E-state index contributed by atoms with van der Waals surface area (Å²) >= 11 is 0. The predicted molar refractivity (Wildman–Crippen MR) is 71.9 cm³/mol. The van der Waals surface area contributed by atoms with Crippen LogP contribution in [0, 0.1) is 22.7 Å². The van der Waals surface area contributed by atoms with Gasteiger partial charge in [0.05, 0.1) is 12.6 Å². The van der Waals surface area contributed by atoms with Crippen molar-refractivity contribution in [2.24, 2.45) is 11.3 Å². The number of hydrogen-bond donors (Lipinski definition) is 0. The Balaban J connectivity index is 2.39. The van der Waals surface area contributed by atoms with Crippen LogP contribution in [0.1, 0.15) is 34.1 Å². The highest BCUT2D eigenvalue weighted by atomic mass is 16.2. The molecule has 4 nitrogen and oxygen atoms in total. The summed E-state index contributed by atoms with van der Waals surface area (Å²) in [7, 11) is 0. The highest BCUT2D eigenvalue weighted by Gasteiger charge is 2.26. The van der Waals surface area contributed by atoms with E-state index in [0.717, 1.165) is 26.2 Å². The Morgan fingerprint density at radius 1 is 1.28 bits per heavy atom. The van der Waals surface area contributed by atoms with Gasteiger partial charge in [-0.2, -0.15) is 5.26 Å². The molecule has 0 aromatic heterocycles. The van der Waals surface area contributed by atoms with Gasteiger partial charge in [-0.25, -0.2) is 0 Å². The SMILES string of the molecule is CC(CC(=O)N1CCN(CC#N)CC1)C(C)(C)C. The van der Waals surface area contributed by atoms with Crippen LogP contribution >= 0.6 is 0 Å². The smallest absolute Gasteiger partial charge is 0.222 e. The minimum absolute atomic E-state index is 0.179. The van der Waals surface area contributed by atoms with Crippen molar-refractivity contribution in [1.29, 1.82) is 5.26 Å². The molecule has 1 atom stereocenters. The molecule has 0 spiro atoms. The van der Waals surface area contributed by atoms with E-state index < -0.39 is 0 Å². The fourth-order valence-corrected chi connectivity index (χ4v) is 1.95. The largest absolute Gasteiger partial charge is 0.340 e. The van der Waals surface area contributed by atoms with Crippen LogP contribution in [-0.4, -0.2) is 48.4 Å². The molecule has 1 heterocycles. The molecule has 0 bridgehead atoms. The molecule has 1 fully saturated rings. The fourth-order valence-electron chi connectivity index (χ4n) is 1.95. The molecule has 1 rings (SSSR count). The van der Waals surface area contributed by atoms with E-state index in [1.165, 1.54) is 0 Å². The minimum atomic E-state index is 0.179. The summed E-state index contributed by atoms with van der Waals surface area (Å²) in [6, 6.07) is 2.16. The molecular weight excluding hydrogens is 226 g/mol. The zero-order valence-electron chi connectivity index (χ0n) is 12.1. The van der Waals surface area contributed by atoms with Gasteiger partial charge in [-0.05, 0) is 11.3 Å². The molecule has 1 saturated heterocycles. The first-order chi connectivity index (χ1) is 8.34. The maximum absolute atomic E-state index is 12.2. The monoisotopic (exact) mass is 251 g/mol. The van der Waals surface area contributed by atoms with E-state index in [9.17, 15) is 4.79 Å². The summed E-state index contributed by atoms with van der Waals surface area (Å²) in [6.07, 6.45) is 0.627. The molecule has 0 aromatic carbocycles. The van der Waals surface area contributed by atoms with Crippen molar-refractivity contribution in [2.45, 2.75) is 34.1 Å². The lowest BCUT2D eigenvalue weighted by atomic mass is 9.80. The van der Waals surface area contributed by atoms with Gasteiger partial charge in [-0.15, -0.1) is 0 Å². The van der Waals surface area contributed by atoms with Crippen molar-refractivity contribution < 1.29 is 4.79 Å². The molecular formula is C14H25N3O.